The fourth-order valence-electron chi connectivity index (χ4n) is 2.24. The van der Waals surface area contributed by atoms with Crippen molar-refractivity contribution >= 4 is 28.2 Å². The van der Waals surface area contributed by atoms with Gasteiger partial charge in [-0.25, -0.2) is 4.79 Å². The van der Waals surface area contributed by atoms with Crippen molar-refractivity contribution in [1.29, 1.82) is 0 Å². The van der Waals surface area contributed by atoms with Crippen molar-refractivity contribution in [1.82, 2.24) is 10.5 Å². The lowest BCUT2D eigenvalue weighted by Crippen LogP contribution is -2.23. The number of hydrogen-bond acceptors (Lipinski definition) is 7. The van der Waals surface area contributed by atoms with E-state index in [1.165, 1.54) is 30.7 Å². The summed E-state index contributed by atoms with van der Waals surface area (Å²) >= 11 is 1.37. The molecule has 0 bridgehead atoms. The van der Waals surface area contributed by atoms with Crippen LogP contribution in [0.4, 0.5) is 5.00 Å². The average Bonchev–Trinajstić information content (AvgIpc) is 3.13. The van der Waals surface area contributed by atoms with E-state index in [4.69, 9.17) is 9.26 Å². The van der Waals surface area contributed by atoms with Gasteiger partial charge in [0.15, 0.2) is 0 Å². The summed E-state index contributed by atoms with van der Waals surface area (Å²) in [5.74, 6) is -0.790. The number of nitrogens with zero attached hydrogens (tertiary/aromatic N) is 1. The Labute approximate surface area is 124 Å². The zero-order valence-electron chi connectivity index (χ0n) is 11.3. The van der Waals surface area contributed by atoms with Crippen molar-refractivity contribution in [3.8, 4) is 0 Å². The molecule has 0 spiro atoms. The molecule has 0 radical (unpaired) electrons. The molecule has 0 saturated carbocycles. The van der Waals surface area contributed by atoms with Crippen LogP contribution < -0.4 is 10.6 Å². The number of ether oxygens (including phenoxy) is 1. The van der Waals surface area contributed by atoms with E-state index >= 15 is 0 Å². The number of amides is 1. The summed E-state index contributed by atoms with van der Waals surface area (Å²) in [7, 11) is 1.33. The Bertz CT molecular complexity index is 678. The molecule has 2 N–H and O–H groups in total. The summed E-state index contributed by atoms with van der Waals surface area (Å²) in [6.45, 7) is 1.48. The zero-order valence-corrected chi connectivity index (χ0v) is 12.1. The van der Waals surface area contributed by atoms with Crippen LogP contribution in [0.25, 0.3) is 0 Å². The summed E-state index contributed by atoms with van der Waals surface area (Å²) in [6, 6.07) is 1.46. The van der Waals surface area contributed by atoms with Gasteiger partial charge in [0.1, 0.15) is 5.00 Å². The van der Waals surface area contributed by atoms with E-state index in [9.17, 15) is 9.59 Å². The molecule has 2 aromatic heterocycles. The molecule has 1 amide bonds. The van der Waals surface area contributed by atoms with Gasteiger partial charge in [0.2, 0.25) is 5.76 Å². The van der Waals surface area contributed by atoms with E-state index < -0.39 is 11.9 Å². The summed E-state index contributed by atoms with van der Waals surface area (Å²) in [5, 5.41) is 9.91. The predicted octanol–water partition coefficient (Wildman–Crippen LogP) is 1.42. The number of nitrogens with one attached hydrogen (secondary N) is 2. The van der Waals surface area contributed by atoms with Gasteiger partial charge < -0.3 is 19.9 Å². The van der Waals surface area contributed by atoms with Crippen molar-refractivity contribution in [2.45, 2.75) is 13.0 Å². The average molecular weight is 307 g/mol. The van der Waals surface area contributed by atoms with Crippen LogP contribution in [0.15, 0.2) is 16.8 Å². The molecule has 0 aromatic carbocycles. The van der Waals surface area contributed by atoms with Crippen molar-refractivity contribution in [3.05, 3.63) is 34.0 Å². The van der Waals surface area contributed by atoms with Gasteiger partial charge in [0, 0.05) is 17.5 Å². The number of methoxy groups -OCH3 is 1. The van der Waals surface area contributed by atoms with Crippen LogP contribution in [0.1, 0.15) is 31.4 Å². The minimum atomic E-state index is -0.442. The van der Waals surface area contributed by atoms with Crippen molar-refractivity contribution in [2.75, 3.05) is 19.0 Å². The molecule has 0 aliphatic carbocycles. The second kappa shape index (κ2) is 5.66. The van der Waals surface area contributed by atoms with E-state index in [0.717, 1.165) is 23.4 Å². The van der Waals surface area contributed by atoms with Crippen LogP contribution in [0, 0.1) is 0 Å². The molecule has 0 atom stereocenters. The number of aromatic nitrogens is 1. The Kier molecular flexibility index (Phi) is 3.72. The van der Waals surface area contributed by atoms with Gasteiger partial charge in [0.05, 0.1) is 18.9 Å². The van der Waals surface area contributed by atoms with Crippen molar-refractivity contribution in [2.24, 2.45) is 0 Å². The van der Waals surface area contributed by atoms with Gasteiger partial charge in [-0.15, -0.1) is 11.3 Å². The van der Waals surface area contributed by atoms with Crippen molar-refractivity contribution < 1.29 is 18.8 Å². The maximum atomic E-state index is 12.0. The minimum Gasteiger partial charge on any atom is -0.465 e. The standard InChI is InChI=1S/C13H13N3O4S/c1-19-13(18)10-7-2-4-14-6-9(7)21-12(10)16-11(17)8-3-5-15-20-8/h3,5,14H,2,4,6H2,1H3,(H,16,17). The van der Waals surface area contributed by atoms with E-state index in [0.29, 0.717) is 17.1 Å². The smallest absolute Gasteiger partial charge is 0.341 e. The third kappa shape index (κ3) is 2.55. The first-order valence-corrected chi connectivity index (χ1v) is 7.18. The molecule has 3 heterocycles. The second-order valence-electron chi connectivity index (χ2n) is 4.46. The number of fused-ring (bicyclic) bond motifs is 1. The van der Waals surface area contributed by atoms with Gasteiger partial charge in [0.25, 0.3) is 5.91 Å². The lowest BCUT2D eigenvalue weighted by atomic mass is 10.0. The molecule has 3 rings (SSSR count). The molecular weight excluding hydrogens is 294 g/mol. The summed E-state index contributed by atoms with van der Waals surface area (Å²) in [4.78, 5) is 25.1. The summed E-state index contributed by atoms with van der Waals surface area (Å²) in [6.07, 6.45) is 2.12. The SMILES string of the molecule is COC(=O)c1c(NC(=O)c2ccno2)sc2c1CCNC2. The Balaban J connectivity index is 1.95. The largest absolute Gasteiger partial charge is 0.465 e. The van der Waals surface area contributed by atoms with Crippen LogP contribution in [0.2, 0.25) is 0 Å². The van der Waals surface area contributed by atoms with Crippen LogP contribution in [0.3, 0.4) is 0 Å². The highest BCUT2D eigenvalue weighted by molar-refractivity contribution is 7.17. The molecule has 8 heteroatoms. The quantitative estimate of drug-likeness (QED) is 0.833. The van der Waals surface area contributed by atoms with E-state index in [1.54, 1.807) is 0 Å². The maximum Gasteiger partial charge on any atom is 0.341 e. The summed E-state index contributed by atoms with van der Waals surface area (Å²) < 4.78 is 9.64. The Morgan fingerprint density at radius 3 is 3.10 bits per heavy atom. The first-order valence-electron chi connectivity index (χ1n) is 6.36. The number of esters is 1. The lowest BCUT2D eigenvalue weighted by Gasteiger charge is -2.13. The van der Waals surface area contributed by atoms with Gasteiger partial charge in [-0.2, -0.15) is 0 Å². The normalized spacial score (nSPS) is 13.6. The van der Waals surface area contributed by atoms with Crippen LogP contribution in [-0.2, 0) is 17.7 Å². The van der Waals surface area contributed by atoms with Crippen molar-refractivity contribution in [3.63, 3.8) is 0 Å². The number of carbonyl (C=O) groups excluding carboxylic acids is 2. The molecule has 0 unspecified atom stereocenters. The van der Waals surface area contributed by atoms with Gasteiger partial charge >= 0.3 is 5.97 Å². The fourth-order valence-corrected chi connectivity index (χ4v) is 3.44. The molecule has 1 aliphatic heterocycles. The van der Waals surface area contributed by atoms with E-state index in [1.807, 2.05) is 0 Å². The number of thiophene rings is 1. The third-order valence-corrected chi connectivity index (χ3v) is 4.35. The highest BCUT2D eigenvalue weighted by Gasteiger charge is 2.27. The Morgan fingerprint density at radius 1 is 1.52 bits per heavy atom. The topological polar surface area (TPSA) is 93.5 Å². The van der Waals surface area contributed by atoms with Crippen LogP contribution in [-0.4, -0.2) is 30.7 Å². The Morgan fingerprint density at radius 2 is 2.38 bits per heavy atom. The van der Waals surface area contributed by atoms with Gasteiger partial charge in [-0.3, -0.25) is 4.79 Å². The van der Waals surface area contributed by atoms with Gasteiger partial charge in [-0.1, -0.05) is 5.16 Å². The van der Waals surface area contributed by atoms with Gasteiger partial charge in [-0.05, 0) is 18.5 Å². The molecule has 7 nitrogen and oxygen atoms in total. The minimum absolute atomic E-state index is 0.0929. The number of anilines is 1. The predicted molar refractivity (Wildman–Crippen MR) is 75.5 cm³/mol. The first-order chi connectivity index (χ1) is 10.2. The van der Waals surface area contributed by atoms with Crippen LogP contribution in [0.5, 0.6) is 0 Å². The fraction of sp³-hybridized carbons (Fsp3) is 0.308. The molecular formula is C13H13N3O4S. The monoisotopic (exact) mass is 307 g/mol. The lowest BCUT2D eigenvalue weighted by molar-refractivity contribution is 0.0601. The summed E-state index contributed by atoms with van der Waals surface area (Å²) in [5.41, 5.74) is 1.38. The second-order valence-corrected chi connectivity index (χ2v) is 5.56. The molecule has 0 saturated heterocycles. The highest BCUT2D eigenvalue weighted by atomic mass is 32.1. The Hall–Kier alpha value is -2.19. The molecule has 110 valence electrons. The van der Waals surface area contributed by atoms with E-state index in [2.05, 4.69) is 15.8 Å². The maximum absolute atomic E-state index is 12.0. The first kappa shape index (κ1) is 13.8. The highest BCUT2D eigenvalue weighted by Crippen LogP contribution is 2.36. The third-order valence-electron chi connectivity index (χ3n) is 3.21. The molecule has 1 aliphatic rings. The number of hydrogen-bond donors (Lipinski definition) is 2. The number of carbonyl (C=O) groups is 2. The number of rotatable bonds is 3. The van der Waals surface area contributed by atoms with Crippen LogP contribution >= 0.6 is 11.3 Å². The molecule has 0 fully saturated rings. The molecule has 21 heavy (non-hydrogen) atoms. The zero-order chi connectivity index (χ0) is 14.8. The van der Waals surface area contributed by atoms with E-state index in [-0.39, 0.29) is 5.76 Å². The molecule has 2 aromatic rings.